The highest BCUT2D eigenvalue weighted by Gasteiger charge is 2.74. The lowest BCUT2D eigenvalue weighted by molar-refractivity contribution is -0.327. The predicted octanol–water partition coefficient (Wildman–Crippen LogP) is 4.54. The molecule has 4 aliphatic carbocycles. The summed E-state index contributed by atoms with van der Waals surface area (Å²) in [6, 6.07) is 0. The third kappa shape index (κ3) is 2.39. The summed E-state index contributed by atoms with van der Waals surface area (Å²) in [7, 11) is -1.83. The summed E-state index contributed by atoms with van der Waals surface area (Å²) in [4.78, 5) is 13.1. The van der Waals surface area contributed by atoms with E-state index < -0.39 is 14.1 Å². The van der Waals surface area contributed by atoms with Crippen molar-refractivity contribution in [1.29, 1.82) is 0 Å². The molecule has 0 unspecified atom stereocenters. The minimum absolute atomic E-state index is 0.0536. The van der Waals surface area contributed by atoms with Crippen LogP contribution in [0.4, 0.5) is 0 Å². The number of carbonyl (C=O) groups excluding carboxylic acids is 1. The second-order valence-corrected chi connectivity index (χ2v) is 15.9. The summed E-state index contributed by atoms with van der Waals surface area (Å²) in [6.45, 7) is 15.9. The van der Waals surface area contributed by atoms with E-state index in [1.807, 2.05) is 0 Å². The first kappa shape index (κ1) is 19.1. The van der Waals surface area contributed by atoms with Crippen LogP contribution in [0.3, 0.4) is 0 Å². The van der Waals surface area contributed by atoms with Gasteiger partial charge < -0.3 is 13.9 Å². The van der Waals surface area contributed by atoms with Crippen molar-refractivity contribution in [3.05, 3.63) is 0 Å². The zero-order valence-electron chi connectivity index (χ0n) is 17.4. The number of ketones is 1. The molecule has 4 nitrogen and oxygen atoms in total. The third-order valence-corrected chi connectivity index (χ3v) is 13.3. The molecule has 26 heavy (non-hydrogen) atoms. The van der Waals surface area contributed by atoms with Gasteiger partial charge >= 0.3 is 0 Å². The van der Waals surface area contributed by atoms with E-state index in [4.69, 9.17) is 13.9 Å². The van der Waals surface area contributed by atoms with Gasteiger partial charge in [-0.2, -0.15) is 0 Å². The Labute approximate surface area is 159 Å². The Morgan fingerprint density at radius 2 is 1.81 bits per heavy atom. The van der Waals surface area contributed by atoms with Crippen molar-refractivity contribution >= 4 is 14.1 Å². The number of fused-ring (bicyclic) bond motifs is 1. The monoisotopic (exact) mass is 380 g/mol. The van der Waals surface area contributed by atoms with E-state index in [2.05, 4.69) is 40.8 Å². The van der Waals surface area contributed by atoms with Gasteiger partial charge in [-0.25, -0.2) is 0 Å². The van der Waals surface area contributed by atoms with Crippen LogP contribution < -0.4 is 0 Å². The zero-order chi connectivity index (χ0) is 19.0. The highest BCUT2D eigenvalue weighted by molar-refractivity contribution is 6.74. The molecule has 4 saturated carbocycles. The quantitative estimate of drug-likeness (QED) is 0.675. The number of hydrogen-bond acceptors (Lipinski definition) is 4. The largest absolute Gasteiger partial charge is 0.417 e. The van der Waals surface area contributed by atoms with Crippen LogP contribution in [0.2, 0.25) is 18.1 Å². The van der Waals surface area contributed by atoms with E-state index in [1.54, 1.807) is 0 Å². The fourth-order valence-electron chi connectivity index (χ4n) is 6.15. The molecule has 5 fully saturated rings. The minimum Gasteiger partial charge on any atom is -0.417 e. The Bertz CT molecular complexity index is 604. The molecule has 0 aromatic heterocycles. The summed E-state index contributed by atoms with van der Waals surface area (Å²) >= 11 is 0. The van der Waals surface area contributed by atoms with Gasteiger partial charge in [0, 0.05) is 30.8 Å². The maximum absolute atomic E-state index is 13.1. The maximum Gasteiger partial charge on any atom is 0.191 e. The van der Waals surface area contributed by atoms with Gasteiger partial charge in [-0.05, 0) is 48.7 Å². The number of hydrogen-bond donors (Lipinski definition) is 0. The summed E-state index contributed by atoms with van der Waals surface area (Å²) < 4.78 is 19.2. The Hall–Kier alpha value is -0.233. The van der Waals surface area contributed by atoms with E-state index in [-0.39, 0.29) is 21.8 Å². The van der Waals surface area contributed by atoms with Gasteiger partial charge in [0.05, 0.1) is 13.2 Å². The van der Waals surface area contributed by atoms with Crippen molar-refractivity contribution < 1.29 is 18.7 Å². The Morgan fingerprint density at radius 3 is 2.42 bits per heavy atom. The van der Waals surface area contributed by atoms with E-state index in [9.17, 15) is 4.79 Å². The third-order valence-electron chi connectivity index (χ3n) is 8.78. The van der Waals surface area contributed by atoms with Crippen molar-refractivity contribution in [1.82, 2.24) is 0 Å². The lowest BCUT2D eigenvalue weighted by Gasteiger charge is -2.65. The molecule has 1 aliphatic heterocycles. The second-order valence-electron chi connectivity index (χ2n) is 11.1. The van der Waals surface area contributed by atoms with Gasteiger partial charge in [0.25, 0.3) is 0 Å². The van der Waals surface area contributed by atoms with Crippen LogP contribution in [0, 0.1) is 22.7 Å². The van der Waals surface area contributed by atoms with E-state index in [0.717, 1.165) is 32.3 Å². The van der Waals surface area contributed by atoms with Gasteiger partial charge in [0.2, 0.25) is 0 Å². The van der Waals surface area contributed by atoms with Crippen LogP contribution in [0.15, 0.2) is 0 Å². The molecule has 1 saturated heterocycles. The smallest absolute Gasteiger partial charge is 0.191 e. The number of Topliss-reactive ketones (excluding diaryl/α,β-unsaturated/α-hetero) is 1. The molecule has 5 heteroatoms. The first-order valence-electron chi connectivity index (χ1n) is 10.4. The molecule has 5 aliphatic rings. The zero-order valence-corrected chi connectivity index (χ0v) is 18.4. The highest BCUT2D eigenvalue weighted by Crippen LogP contribution is 2.72. The Morgan fingerprint density at radius 1 is 1.15 bits per heavy atom. The molecule has 1 heterocycles. The van der Waals surface area contributed by atoms with Crippen LogP contribution in [-0.4, -0.2) is 39.7 Å². The number of rotatable bonds is 3. The van der Waals surface area contributed by atoms with Gasteiger partial charge in [-0.3, -0.25) is 4.79 Å². The van der Waals surface area contributed by atoms with Crippen LogP contribution in [-0.2, 0) is 18.7 Å². The molecule has 2 bridgehead atoms. The molecule has 0 amide bonds. The van der Waals surface area contributed by atoms with E-state index in [0.29, 0.717) is 31.3 Å². The lowest BCUT2D eigenvalue weighted by atomic mass is 9.43. The van der Waals surface area contributed by atoms with E-state index >= 15 is 0 Å². The number of carbonyl (C=O) groups is 1. The Kier molecular flexibility index (Phi) is 4.15. The average Bonchev–Trinajstić information content (AvgIpc) is 3.12. The van der Waals surface area contributed by atoms with Gasteiger partial charge in [0.15, 0.2) is 14.1 Å². The van der Waals surface area contributed by atoms with Gasteiger partial charge in [-0.1, -0.05) is 27.7 Å². The molecule has 2 spiro atoms. The lowest BCUT2D eigenvalue weighted by Crippen LogP contribution is -2.67. The van der Waals surface area contributed by atoms with Crippen LogP contribution >= 0.6 is 0 Å². The fourth-order valence-corrected chi connectivity index (χ4v) is 7.18. The molecular weight excluding hydrogens is 344 g/mol. The molecular formula is C21H36O4Si. The van der Waals surface area contributed by atoms with Crippen molar-refractivity contribution in [2.24, 2.45) is 22.7 Å². The summed E-state index contributed by atoms with van der Waals surface area (Å²) in [5.74, 6) is 0.277. The van der Waals surface area contributed by atoms with Crippen LogP contribution in [0.5, 0.6) is 0 Å². The molecule has 0 radical (unpaired) electrons. The van der Waals surface area contributed by atoms with Gasteiger partial charge in [0.1, 0.15) is 5.78 Å². The summed E-state index contributed by atoms with van der Waals surface area (Å²) in [6.07, 6.45) is 4.78. The first-order chi connectivity index (χ1) is 12.0. The minimum atomic E-state index is -1.83. The standard InChI is InChI=1S/C21H36O4Si/c1-18(2,3)26(5,6)25-13-15-17-16(22)7-8-20(17)10-9-19(15,4)14-21(20)23-11-12-24-21/h15,17H,7-14H2,1-6H3/t15-,17-,19+,20+/m1/s1. The van der Waals surface area contributed by atoms with Crippen molar-refractivity contribution in [3.63, 3.8) is 0 Å². The second kappa shape index (κ2) is 5.65. The topological polar surface area (TPSA) is 44.8 Å². The molecule has 0 aromatic rings. The molecule has 148 valence electrons. The molecule has 0 aromatic carbocycles. The van der Waals surface area contributed by atoms with Gasteiger partial charge in [-0.15, -0.1) is 0 Å². The van der Waals surface area contributed by atoms with Crippen molar-refractivity contribution in [2.45, 2.75) is 83.7 Å². The molecule has 5 rings (SSSR count). The van der Waals surface area contributed by atoms with E-state index in [1.165, 1.54) is 0 Å². The summed E-state index contributed by atoms with van der Waals surface area (Å²) in [5.41, 5.74) is -0.0427. The fraction of sp³-hybridized carbons (Fsp3) is 0.952. The maximum atomic E-state index is 13.1. The highest BCUT2D eigenvalue weighted by atomic mass is 28.4. The molecule has 0 N–H and O–H groups in total. The predicted molar refractivity (Wildman–Crippen MR) is 103 cm³/mol. The Balaban J connectivity index is 1.66. The molecule has 4 atom stereocenters. The average molecular weight is 381 g/mol. The van der Waals surface area contributed by atoms with Crippen molar-refractivity contribution in [3.8, 4) is 0 Å². The van der Waals surface area contributed by atoms with Crippen LogP contribution in [0.25, 0.3) is 0 Å². The SMILES string of the molecule is CC(C)(C)[Si](C)(C)OC[C@@H]1[C@@H]2C(=O)CC[C@]23CC[C@@]1(C)CC31OCCO1. The number of ether oxygens (including phenoxy) is 2. The summed E-state index contributed by atoms with van der Waals surface area (Å²) in [5, 5.41) is 0.192. The van der Waals surface area contributed by atoms with Crippen molar-refractivity contribution in [2.75, 3.05) is 19.8 Å². The normalized spacial score (nSPS) is 41.8. The van der Waals surface area contributed by atoms with Crippen LogP contribution in [0.1, 0.15) is 59.8 Å². The first-order valence-corrected chi connectivity index (χ1v) is 13.3.